The van der Waals surface area contributed by atoms with Gasteiger partial charge in [0.2, 0.25) is 0 Å². The molecular formula is C23H22N2O6. The second-order valence-corrected chi connectivity index (χ2v) is 6.32. The highest BCUT2D eigenvalue weighted by Crippen LogP contribution is 2.38. The predicted molar refractivity (Wildman–Crippen MR) is 113 cm³/mol. The summed E-state index contributed by atoms with van der Waals surface area (Å²) < 4.78 is 27.1. The quantitative estimate of drug-likeness (QED) is 0.292. The molecule has 1 heterocycles. The van der Waals surface area contributed by atoms with Crippen molar-refractivity contribution in [1.29, 1.82) is 0 Å². The molecule has 0 saturated carbocycles. The van der Waals surface area contributed by atoms with Gasteiger partial charge in [-0.15, -0.1) is 0 Å². The highest BCUT2D eigenvalue weighted by atomic mass is 16.6. The van der Waals surface area contributed by atoms with Gasteiger partial charge in [0, 0.05) is 6.07 Å². The van der Waals surface area contributed by atoms with Crippen molar-refractivity contribution in [2.24, 2.45) is 0 Å². The maximum Gasteiger partial charge on any atom is 0.339 e. The van der Waals surface area contributed by atoms with Gasteiger partial charge in [-0.3, -0.25) is 0 Å². The molecule has 0 saturated heterocycles. The van der Waals surface area contributed by atoms with Crippen LogP contribution in [0.5, 0.6) is 34.8 Å². The summed E-state index contributed by atoms with van der Waals surface area (Å²) in [5.41, 5.74) is 1.00. The summed E-state index contributed by atoms with van der Waals surface area (Å²) >= 11 is 0. The summed E-state index contributed by atoms with van der Waals surface area (Å²) in [5.74, 6) is 1.45. The Morgan fingerprint density at radius 2 is 1.61 bits per heavy atom. The van der Waals surface area contributed by atoms with Gasteiger partial charge in [-0.05, 0) is 37.6 Å². The van der Waals surface area contributed by atoms with Gasteiger partial charge in [0.05, 0.1) is 26.6 Å². The van der Waals surface area contributed by atoms with E-state index in [1.807, 2.05) is 37.3 Å². The molecule has 8 nitrogen and oxygen atoms in total. The molecule has 0 aliphatic carbocycles. The summed E-state index contributed by atoms with van der Waals surface area (Å²) in [6, 6.07) is 14.7. The largest absolute Gasteiger partial charge is 0.504 e. The van der Waals surface area contributed by atoms with Crippen molar-refractivity contribution in [1.82, 2.24) is 9.97 Å². The summed E-state index contributed by atoms with van der Waals surface area (Å²) in [7, 11) is 2.82. The summed E-state index contributed by atoms with van der Waals surface area (Å²) in [5, 5.41) is 0. The number of benzene rings is 2. The fraction of sp³-hybridized carbons (Fsp3) is 0.174. The van der Waals surface area contributed by atoms with E-state index in [1.165, 1.54) is 20.5 Å². The van der Waals surface area contributed by atoms with Crippen LogP contribution in [0, 0.1) is 13.8 Å². The molecule has 0 amide bonds. The number of aromatic nitrogens is 2. The number of methoxy groups -OCH3 is 2. The maximum absolute atomic E-state index is 12.0. The van der Waals surface area contributed by atoms with Crippen LogP contribution in [0.1, 0.15) is 11.4 Å². The zero-order valence-corrected chi connectivity index (χ0v) is 17.6. The lowest BCUT2D eigenvalue weighted by Crippen LogP contribution is -2.09. The van der Waals surface area contributed by atoms with E-state index in [0.717, 1.165) is 17.4 Å². The van der Waals surface area contributed by atoms with Crippen molar-refractivity contribution in [3.05, 3.63) is 72.3 Å². The number of rotatable bonds is 8. The van der Waals surface area contributed by atoms with Crippen LogP contribution in [0.25, 0.3) is 0 Å². The third-order valence-electron chi connectivity index (χ3n) is 3.99. The van der Waals surface area contributed by atoms with Crippen LogP contribution in [0.2, 0.25) is 0 Å². The molecule has 0 radical (unpaired) electrons. The van der Waals surface area contributed by atoms with E-state index in [9.17, 15) is 4.79 Å². The summed E-state index contributed by atoms with van der Waals surface area (Å²) in [4.78, 5) is 20.4. The van der Waals surface area contributed by atoms with E-state index in [2.05, 4.69) is 9.97 Å². The molecule has 2 aromatic carbocycles. The molecule has 0 atom stereocenters. The smallest absolute Gasteiger partial charge is 0.339 e. The zero-order valence-electron chi connectivity index (χ0n) is 17.6. The molecule has 0 N–H and O–H groups in total. The molecule has 0 bridgehead atoms. The van der Waals surface area contributed by atoms with E-state index in [0.29, 0.717) is 17.3 Å². The summed E-state index contributed by atoms with van der Waals surface area (Å²) in [6.45, 7) is 3.63. The van der Waals surface area contributed by atoms with Crippen molar-refractivity contribution >= 4 is 5.97 Å². The molecule has 0 aliphatic heterocycles. The Bertz CT molecular complexity index is 1100. The molecular weight excluding hydrogens is 400 g/mol. The van der Waals surface area contributed by atoms with E-state index in [1.54, 1.807) is 25.1 Å². The number of hydrogen-bond donors (Lipinski definition) is 0. The van der Waals surface area contributed by atoms with Gasteiger partial charge in [0.25, 0.3) is 17.5 Å². The first-order valence-electron chi connectivity index (χ1n) is 9.35. The average Bonchev–Trinajstić information content (AvgIpc) is 2.75. The molecule has 160 valence electrons. The number of aryl methyl sites for hydroxylation is 2. The molecule has 3 rings (SSSR count). The number of esters is 1. The van der Waals surface area contributed by atoms with Crippen LogP contribution >= 0.6 is 0 Å². The average molecular weight is 422 g/mol. The Morgan fingerprint density at radius 3 is 2.32 bits per heavy atom. The normalized spacial score (nSPS) is 10.6. The zero-order chi connectivity index (χ0) is 22.2. The lowest BCUT2D eigenvalue weighted by atomic mass is 10.2. The molecule has 0 unspecified atom stereocenters. The van der Waals surface area contributed by atoms with Gasteiger partial charge < -0.3 is 23.7 Å². The first kappa shape index (κ1) is 21.6. The van der Waals surface area contributed by atoms with Gasteiger partial charge in [-0.2, -0.15) is 9.97 Å². The van der Waals surface area contributed by atoms with E-state index in [4.69, 9.17) is 23.7 Å². The number of carbonyl (C=O) groups is 1. The first-order chi connectivity index (χ1) is 15.0. The summed E-state index contributed by atoms with van der Waals surface area (Å²) in [6.07, 6.45) is 2.30. The minimum absolute atomic E-state index is 0.0246. The van der Waals surface area contributed by atoms with Crippen LogP contribution in [0.15, 0.2) is 60.9 Å². The third kappa shape index (κ3) is 5.72. The lowest BCUT2D eigenvalue weighted by molar-refractivity contribution is -0.129. The van der Waals surface area contributed by atoms with Crippen molar-refractivity contribution in [3.8, 4) is 34.8 Å². The van der Waals surface area contributed by atoms with Crippen molar-refractivity contribution in [3.63, 3.8) is 0 Å². The van der Waals surface area contributed by atoms with Crippen LogP contribution in [-0.2, 0) is 9.53 Å². The predicted octanol–water partition coefficient (Wildman–Crippen LogP) is 4.75. The minimum atomic E-state index is -0.700. The molecule has 1 aromatic heterocycles. The number of carbonyl (C=O) groups excluding carboxylic acids is 1. The van der Waals surface area contributed by atoms with Crippen molar-refractivity contribution < 1.29 is 28.5 Å². The van der Waals surface area contributed by atoms with Crippen LogP contribution in [0.4, 0.5) is 0 Å². The monoisotopic (exact) mass is 422 g/mol. The van der Waals surface area contributed by atoms with E-state index in [-0.39, 0.29) is 17.5 Å². The Hall–Kier alpha value is -4.07. The van der Waals surface area contributed by atoms with Gasteiger partial charge in [0.15, 0.2) is 0 Å². The van der Waals surface area contributed by atoms with Crippen LogP contribution in [-0.4, -0.2) is 30.2 Å². The Morgan fingerprint density at radius 1 is 0.903 bits per heavy atom. The highest BCUT2D eigenvalue weighted by molar-refractivity contribution is 5.84. The third-order valence-corrected chi connectivity index (χ3v) is 3.99. The molecule has 3 aromatic rings. The second-order valence-electron chi connectivity index (χ2n) is 6.32. The lowest BCUT2D eigenvalue weighted by Gasteiger charge is -2.14. The van der Waals surface area contributed by atoms with Gasteiger partial charge in [-0.1, -0.05) is 24.3 Å². The fourth-order valence-corrected chi connectivity index (χ4v) is 2.58. The Labute approximate surface area is 180 Å². The molecule has 0 spiro atoms. The van der Waals surface area contributed by atoms with Gasteiger partial charge >= 0.3 is 5.97 Å². The highest BCUT2D eigenvalue weighted by Gasteiger charge is 2.20. The number of hydrogen-bond acceptors (Lipinski definition) is 8. The number of ether oxygens (including phenoxy) is 5. The van der Waals surface area contributed by atoms with Crippen molar-refractivity contribution in [2.45, 2.75) is 13.8 Å². The first-order valence-corrected chi connectivity index (χ1v) is 9.35. The van der Waals surface area contributed by atoms with E-state index >= 15 is 0 Å². The topological polar surface area (TPSA) is 89.0 Å². The standard InChI is InChI=1S/C23H22N2O6/c1-15-8-5-6-11-19(15)29-17-9-7-10-18(14-17)30-23-21(31-20(26)12-13-27-3)22(28-4)24-16(2)25-23/h5-14H,1-4H3. The van der Waals surface area contributed by atoms with Crippen LogP contribution < -0.4 is 18.9 Å². The number of nitrogens with zero attached hydrogens (tertiary/aromatic N) is 2. The van der Waals surface area contributed by atoms with Crippen molar-refractivity contribution in [2.75, 3.05) is 14.2 Å². The Kier molecular flexibility index (Phi) is 7.05. The molecule has 0 aliphatic rings. The van der Waals surface area contributed by atoms with Gasteiger partial charge in [0.1, 0.15) is 23.1 Å². The SMILES string of the molecule is COC=CC(=O)Oc1c(OC)nc(C)nc1Oc1cccc(Oc2ccccc2C)c1. The number of para-hydroxylation sites is 1. The Balaban J connectivity index is 1.89. The molecule has 8 heteroatoms. The minimum Gasteiger partial charge on any atom is -0.504 e. The van der Waals surface area contributed by atoms with E-state index < -0.39 is 5.97 Å². The maximum atomic E-state index is 12.0. The van der Waals surface area contributed by atoms with Gasteiger partial charge in [-0.25, -0.2) is 4.79 Å². The fourth-order valence-electron chi connectivity index (χ4n) is 2.58. The molecule has 0 fully saturated rings. The molecule has 31 heavy (non-hydrogen) atoms. The van der Waals surface area contributed by atoms with Crippen LogP contribution in [0.3, 0.4) is 0 Å². The second kappa shape index (κ2) is 10.1.